The quantitative estimate of drug-likeness (QED) is 0.737. The molecule has 3 aromatic heterocycles. The molecule has 0 aliphatic carbocycles. The fraction of sp³-hybridized carbons (Fsp3) is 0.412. The molecule has 8 heteroatoms. The highest BCUT2D eigenvalue weighted by Gasteiger charge is 2.37. The van der Waals surface area contributed by atoms with Crippen molar-refractivity contribution in [3.8, 4) is 11.3 Å². The Morgan fingerprint density at radius 2 is 2.24 bits per heavy atom. The van der Waals surface area contributed by atoms with Crippen molar-refractivity contribution in [3.63, 3.8) is 0 Å². The monoisotopic (exact) mass is 339 g/mol. The van der Waals surface area contributed by atoms with Crippen LogP contribution in [-0.4, -0.2) is 58.5 Å². The van der Waals surface area contributed by atoms with Crippen LogP contribution in [0.5, 0.6) is 0 Å². The molecule has 1 unspecified atom stereocenters. The van der Waals surface area contributed by atoms with Crippen LogP contribution in [0, 0.1) is 0 Å². The maximum Gasteiger partial charge on any atom is 0.0983 e. The summed E-state index contributed by atoms with van der Waals surface area (Å²) in [5.74, 6) is 0. The minimum Gasteiger partial charge on any atom is -0.387 e. The second-order valence-corrected chi connectivity index (χ2v) is 6.70. The van der Waals surface area contributed by atoms with Crippen LogP contribution in [-0.2, 0) is 20.1 Å². The average molecular weight is 339 g/mol. The molecule has 4 rings (SSSR count). The summed E-state index contributed by atoms with van der Waals surface area (Å²) < 4.78 is 3.52. The Morgan fingerprint density at radius 3 is 3.00 bits per heavy atom. The fourth-order valence-electron chi connectivity index (χ4n) is 3.46. The first-order chi connectivity index (χ1) is 12.1. The van der Waals surface area contributed by atoms with E-state index in [1.807, 2.05) is 36.3 Å². The van der Waals surface area contributed by atoms with E-state index in [0.717, 1.165) is 36.3 Å². The summed E-state index contributed by atoms with van der Waals surface area (Å²) in [5, 5.41) is 23.2. The fourth-order valence-corrected chi connectivity index (χ4v) is 3.46. The van der Waals surface area contributed by atoms with Crippen LogP contribution in [0.2, 0.25) is 0 Å². The maximum atomic E-state index is 10.8. The number of hydrogen-bond acceptors (Lipinski definition) is 6. The third-order valence-corrected chi connectivity index (χ3v) is 4.57. The highest BCUT2D eigenvalue weighted by molar-refractivity contribution is 5.61. The van der Waals surface area contributed by atoms with Gasteiger partial charge in [-0.05, 0) is 18.6 Å². The van der Waals surface area contributed by atoms with Crippen molar-refractivity contribution >= 4 is 0 Å². The Morgan fingerprint density at radius 1 is 1.32 bits per heavy atom. The van der Waals surface area contributed by atoms with Crippen LogP contribution in [0.3, 0.4) is 0 Å². The van der Waals surface area contributed by atoms with E-state index in [1.165, 1.54) is 0 Å². The molecular formula is C17H21N7O. The molecule has 130 valence electrons. The van der Waals surface area contributed by atoms with Crippen molar-refractivity contribution in [2.75, 3.05) is 13.1 Å². The Balaban J connectivity index is 1.48. The molecule has 1 fully saturated rings. The Bertz CT molecular complexity index is 830. The zero-order valence-electron chi connectivity index (χ0n) is 14.2. The van der Waals surface area contributed by atoms with E-state index in [0.29, 0.717) is 13.1 Å². The first-order valence-electron chi connectivity index (χ1n) is 8.33. The van der Waals surface area contributed by atoms with Gasteiger partial charge in [-0.15, -0.1) is 5.10 Å². The van der Waals surface area contributed by atoms with E-state index < -0.39 is 5.60 Å². The van der Waals surface area contributed by atoms with Gasteiger partial charge in [0.1, 0.15) is 0 Å². The highest BCUT2D eigenvalue weighted by Crippen LogP contribution is 2.27. The molecule has 0 spiro atoms. The summed E-state index contributed by atoms with van der Waals surface area (Å²) in [6.07, 6.45) is 9.76. The third kappa shape index (κ3) is 3.45. The molecular weight excluding hydrogens is 318 g/mol. The van der Waals surface area contributed by atoms with Crippen LogP contribution in [0.25, 0.3) is 11.3 Å². The second-order valence-electron chi connectivity index (χ2n) is 6.70. The molecule has 1 atom stereocenters. The van der Waals surface area contributed by atoms with Gasteiger partial charge < -0.3 is 5.11 Å². The van der Waals surface area contributed by atoms with Crippen LogP contribution in [0.4, 0.5) is 0 Å². The van der Waals surface area contributed by atoms with Gasteiger partial charge in [0.2, 0.25) is 0 Å². The standard InChI is InChI=1S/C17H21N7O/c1-22-10-15(16(20-22)14-3-2-5-18-9-14)11-23-7-4-17(25,12-23)13-24-8-6-19-21-24/h2-3,5-6,8-10,25H,4,7,11-13H2,1H3. The summed E-state index contributed by atoms with van der Waals surface area (Å²) in [5.41, 5.74) is 2.32. The number of nitrogens with zero attached hydrogens (tertiary/aromatic N) is 7. The predicted octanol–water partition coefficient (Wildman–Crippen LogP) is 0.711. The number of rotatable bonds is 5. The number of aliphatic hydroxyl groups is 1. The van der Waals surface area contributed by atoms with Crippen LogP contribution < -0.4 is 0 Å². The van der Waals surface area contributed by atoms with E-state index >= 15 is 0 Å². The van der Waals surface area contributed by atoms with Crippen molar-refractivity contribution in [2.24, 2.45) is 7.05 Å². The Kier molecular flexibility index (Phi) is 4.06. The molecule has 0 amide bonds. The van der Waals surface area contributed by atoms with E-state index in [1.54, 1.807) is 23.3 Å². The molecule has 0 radical (unpaired) electrons. The van der Waals surface area contributed by atoms with Crippen molar-refractivity contribution in [2.45, 2.75) is 25.1 Å². The normalized spacial score (nSPS) is 21.0. The lowest BCUT2D eigenvalue weighted by molar-refractivity contribution is 0.0274. The minimum absolute atomic E-state index is 0.464. The molecule has 1 aliphatic rings. The molecule has 1 N–H and O–H groups in total. The van der Waals surface area contributed by atoms with Crippen LogP contribution in [0.15, 0.2) is 43.1 Å². The van der Waals surface area contributed by atoms with Crippen LogP contribution in [0.1, 0.15) is 12.0 Å². The van der Waals surface area contributed by atoms with Gasteiger partial charge in [-0.25, -0.2) is 4.68 Å². The lowest BCUT2D eigenvalue weighted by Gasteiger charge is -2.23. The first-order valence-corrected chi connectivity index (χ1v) is 8.33. The zero-order chi connectivity index (χ0) is 17.3. The lowest BCUT2D eigenvalue weighted by Crippen LogP contribution is -2.37. The van der Waals surface area contributed by atoms with Gasteiger partial charge in [0.15, 0.2) is 0 Å². The molecule has 8 nitrogen and oxygen atoms in total. The molecule has 4 heterocycles. The molecule has 0 saturated carbocycles. The summed E-state index contributed by atoms with van der Waals surface area (Å²) >= 11 is 0. The van der Waals surface area contributed by atoms with Gasteiger partial charge in [0, 0.05) is 62.6 Å². The Hall–Kier alpha value is -2.58. The van der Waals surface area contributed by atoms with Gasteiger partial charge in [0.25, 0.3) is 0 Å². The van der Waals surface area contributed by atoms with Gasteiger partial charge in [0.05, 0.1) is 24.0 Å². The van der Waals surface area contributed by atoms with E-state index in [9.17, 15) is 5.11 Å². The van der Waals surface area contributed by atoms with Crippen LogP contribution >= 0.6 is 0 Å². The Labute approximate surface area is 145 Å². The minimum atomic E-state index is -0.773. The zero-order valence-corrected chi connectivity index (χ0v) is 14.2. The number of aromatic nitrogens is 6. The molecule has 0 aromatic carbocycles. The van der Waals surface area contributed by atoms with Gasteiger partial charge in [-0.1, -0.05) is 5.21 Å². The topological polar surface area (TPSA) is 84.9 Å². The smallest absolute Gasteiger partial charge is 0.0983 e. The summed E-state index contributed by atoms with van der Waals surface area (Å²) in [4.78, 5) is 6.45. The highest BCUT2D eigenvalue weighted by atomic mass is 16.3. The first kappa shape index (κ1) is 15.9. The van der Waals surface area contributed by atoms with Crippen molar-refractivity contribution in [1.29, 1.82) is 0 Å². The SMILES string of the molecule is Cn1cc(CN2CCC(O)(Cn3ccnn3)C2)c(-c2cccnc2)n1. The number of β-amino-alcohol motifs (C(OH)–C–C–N with tert-alkyl or cyclic N) is 1. The third-order valence-electron chi connectivity index (χ3n) is 4.57. The van der Waals surface area contributed by atoms with Crippen molar-refractivity contribution in [1.82, 2.24) is 34.7 Å². The number of aryl methyl sites for hydroxylation is 1. The van der Waals surface area contributed by atoms with E-state index in [4.69, 9.17) is 0 Å². The summed E-state index contributed by atoms with van der Waals surface area (Å²) in [6, 6.07) is 3.93. The number of likely N-dealkylation sites (tertiary alicyclic amines) is 1. The van der Waals surface area contributed by atoms with E-state index in [-0.39, 0.29) is 0 Å². The van der Waals surface area contributed by atoms with Gasteiger partial charge in [-0.2, -0.15) is 5.10 Å². The number of hydrogen-bond donors (Lipinski definition) is 1. The van der Waals surface area contributed by atoms with Crippen molar-refractivity contribution in [3.05, 3.63) is 48.7 Å². The second kappa shape index (κ2) is 6.38. The molecule has 25 heavy (non-hydrogen) atoms. The average Bonchev–Trinajstić information content (AvgIpc) is 3.31. The molecule has 1 saturated heterocycles. The van der Waals surface area contributed by atoms with Gasteiger partial charge in [-0.3, -0.25) is 14.6 Å². The molecule has 0 bridgehead atoms. The summed E-state index contributed by atoms with van der Waals surface area (Å²) in [6.45, 7) is 2.66. The largest absolute Gasteiger partial charge is 0.387 e. The maximum absolute atomic E-state index is 10.8. The van der Waals surface area contributed by atoms with Gasteiger partial charge >= 0.3 is 0 Å². The molecule has 3 aromatic rings. The number of pyridine rings is 1. The van der Waals surface area contributed by atoms with Crippen molar-refractivity contribution < 1.29 is 5.11 Å². The predicted molar refractivity (Wildman–Crippen MR) is 91.3 cm³/mol. The van der Waals surface area contributed by atoms with E-state index in [2.05, 4.69) is 25.3 Å². The lowest BCUT2D eigenvalue weighted by atomic mass is 10.0. The summed E-state index contributed by atoms with van der Waals surface area (Å²) in [7, 11) is 1.93. The molecule has 1 aliphatic heterocycles.